The van der Waals surface area contributed by atoms with Crippen molar-refractivity contribution < 1.29 is 24.3 Å². The summed E-state index contributed by atoms with van der Waals surface area (Å²) >= 11 is 6.57. The molecule has 3 heterocycles. The highest BCUT2D eigenvalue weighted by Gasteiger charge is 2.54. The Labute approximate surface area is 187 Å². The topological polar surface area (TPSA) is 101 Å². The van der Waals surface area contributed by atoms with Crippen molar-refractivity contribution in [3.8, 4) is 0 Å². The van der Waals surface area contributed by atoms with Crippen LogP contribution in [0.4, 0.5) is 0 Å². The van der Waals surface area contributed by atoms with Crippen molar-refractivity contribution in [3.63, 3.8) is 0 Å². The molecule has 1 aromatic heterocycles. The summed E-state index contributed by atoms with van der Waals surface area (Å²) in [5, 5.41) is 12.0. The molecule has 0 saturated carbocycles. The molecule has 160 valence electrons. The molecule has 1 aromatic carbocycles. The number of β-lactam (4-membered cyclic amide) rings is 1. The summed E-state index contributed by atoms with van der Waals surface area (Å²) in [5.74, 6) is -1.56. The third-order valence-electron chi connectivity index (χ3n) is 4.94. The maximum absolute atomic E-state index is 12.7. The maximum atomic E-state index is 12.7. The zero-order valence-corrected chi connectivity index (χ0v) is 17.9. The van der Waals surface area contributed by atoms with Crippen LogP contribution in [-0.4, -0.2) is 56.3 Å². The van der Waals surface area contributed by atoms with Crippen molar-refractivity contribution in [2.45, 2.75) is 17.8 Å². The van der Waals surface area contributed by atoms with E-state index in [1.54, 1.807) is 24.4 Å². The van der Waals surface area contributed by atoms with Crippen molar-refractivity contribution in [1.29, 1.82) is 0 Å². The van der Waals surface area contributed by atoms with E-state index in [4.69, 9.17) is 17.1 Å². The van der Waals surface area contributed by atoms with Crippen LogP contribution in [0.25, 0.3) is 0 Å². The van der Waals surface area contributed by atoms with Crippen LogP contribution in [0.15, 0.2) is 66.0 Å². The van der Waals surface area contributed by atoms with Crippen LogP contribution in [0.2, 0.25) is 0 Å². The summed E-state index contributed by atoms with van der Waals surface area (Å²) in [6, 6.07) is 13.7. The highest BCUT2D eigenvalue weighted by atomic mass is 32.2. The minimum atomic E-state index is -1.21. The highest BCUT2D eigenvalue weighted by molar-refractivity contribution is 8.00. The number of hydrogen-bond acceptors (Lipinski definition) is 6. The smallest absolute Gasteiger partial charge is 0.352 e. The fourth-order valence-electron chi connectivity index (χ4n) is 3.47. The van der Waals surface area contributed by atoms with Gasteiger partial charge in [0.25, 0.3) is 5.91 Å². The monoisotopic (exact) mass is 457 g/mol. The van der Waals surface area contributed by atoms with E-state index in [1.807, 2.05) is 30.3 Å². The van der Waals surface area contributed by atoms with E-state index in [1.165, 1.54) is 21.4 Å². The van der Waals surface area contributed by atoms with Crippen LogP contribution in [0.1, 0.15) is 5.56 Å². The first-order valence-electron chi connectivity index (χ1n) is 9.50. The zero-order valence-electron chi connectivity index (χ0n) is 16.3. The number of nitrogens with one attached hydrogen (secondary N) is 1. The lowest BCUT2D eigenvalue weighted by atomic mass is 10.0. The molecule has 0 bridgehead atoms. The first-order chi connectivity index (χ1) is 15.0. The Kier molecular flexibility index (Phi) is 6.10. The average Bonchev–Trinajstić information content (AvgIpc) is 2.76. The molecule has 2 atom stereocenters. The van der Waals surface area contributed by atoms with E-state index >= 15 is 0 Å². The van der Waals surface area contributed by atoms with Gasteiger partial charge in [0.1, 0.15) is 28.4 Å². The van der Waals surface area contributed by atoms with Crippen LogP contribution < -0.4 is 10.2 Å². The van der Waals surface area contributed by atoms with Gasteiger partial charge in [0, 0.05) is 17.5 Å². The number of carboxylic acid groups (broad SMARTS) is 1. The molecule has 0 unspecified atom stereocenters. The second-order valence-electron chi connectivity index (χ2n) is 7.01. The van der Waals surface area contributed by atoms with Gasteiger partial charge in [-0.1, -0.05) is 48.6 Å². The summed E-state index contributed by atoms with van der Waals surface area (Å²) in [4.78, 5) is 43.8. The number of aromatic nitrogens is 1. The van der Waals surface area contributed by atoms with Crippen molar-refractivity contribution in [3.05, 3.63) is 76.2 Å². The number of thioether (sulfide) groups is 1. The Balaban J connectivity index is 1.45. The SMILES string of the molecule is O=C(Cc1ccccc1)N[C@@H]1C(=O)N2C(C(=O)O)=C(COn3ccccc3=S)CS[C@H]12. The largest absolute Gasteiger partial charge is 0.477 e. The number of hydrogen-bond donors (Lipinski definition) is 2. The van der Waals surface area contributed by atoms with Crippen molar-refractivity contribution >= 4 is 41.8 Å². The Hall–Kier alpha value is -3.11. The van der Waals surface area contributed by atoms with E-state index in [9.17, 15) is 19.5 Å². The third-order valence-corrected chi connectivity index (χ3v) is 6.60. The highest BCUT2D eigenvalue weighted by Crippen LogP contribution is 2.40. The third kappa shape index (κ3) is 4.35. The number of carboxylic acids is 1. The second kappa shape index (κ2) is 8.94. The van der Waals surface area contributed by atoms with Crippen molar-refractivity contribution in [2.75, 3.05) is 12.4 Å². The lowest BCUT2D eigenvalue weighted by molar-refractivity contribution is -0.150. The summed E-state index contributed by atoms with van der Waals surface area (Å²) in [6.45, 7) is -0.0194. The van der Waals surface area contributed by atoms with Gasteiger partial charge < -0.3 is 15.3 Å². The standard InChI is InChI=1S/C21H19N3O5S2/c25-15(10-13-6-2-1-3-7-13)22-17-19(26)24-18(21(27)28)14(12-31-20(17)24)11-29-23-9-5-4-8-16(23)30/h1-9,17,20H,10-12H2,(H,22,25)(H,27,28)/t17-,20-/m1/s1. The molecule has 2 aliphatic rings. The van der Waals surface area contributed by atoms with Crippen LogP contribution in [0.3, 0.4) is 0 Å². The molecule has 1 fully saturated rings. The number of amides is 2. The number of pyridine rings is 1. The van der Waals surface area contributed by atoms with E-state index in [0.717, 1.165) is 5.56 Å². The maximum Gasteiger partial charge on any atom is 0.352 e. The first kappa shape index (κ1) is 21.1. The number of rotatable bonds is 7. The molecule has 2 aliphatic heterocycles. The first-order valence-corrected chi connectivity index (χ1v) is 11.0. The van der Waals surface area contributed by atoms with E-state index < -0.39 is 23.3 Å². The molecule has 4 rings (SSSR count). The molecule has 1 saturated heterocycles. The minimum absolute atomic E-state index is 0.0194. The van der Waals surface area contributed by atoms with Crippen LogP contribution >= 0.6 is 24.0 Å². The Morgan fingerprint density at radius 1 is 1.19 bits per heavy atom. The van der Waals surface area contributed by atoms with Crippen LogP contribution in [-0.2, 0) is 20.8 Å². The van der Waals surface area contributed by atoms with E-state index in [2.05, 4.69) is 5.32 Å². The Bertz CT molecular complexity index is 1120. The van der Waals surface area contributed by atoms with Gasteiger partial charge in [0.15, 0.2) is 0 Å². The van der Waals surface area contributed by atoms with E-state index in [-0.39, 0.29) is 24.6 Å². The lowest BCUT2D eigenvalue weighted by Crippen LogP contribution is -2.70. The number of aliphatic carboxylic acids is 1. The quantitative estimate of drug-likeness (QED) is 0.481. The van der Waals surface area contributed by atoms with Crippen LogP contribution in [0, 0.1) is 4.64 Å². The molecule has 0 spiro atoms. The Morgan fingerprint density at radius 2 is 1.94 bits per heavy atom. The zero-order chi connectivity index (χ0) is 22.0. The Morgan fingerprint density at radius 3 is 2.65 bits per heavy atom. The van der Waals surface area contributed by atoms with Gasteiger partial charge >= 0.3 is 5.97 Å². The number of fused-ring (bicyclic) bond motifs is 1. The normalized spacial score (nSPS) is 20.0. The molecule has 10 heteroatoms. The number of carbonyl (C=O) groups excluding carboxylic acids is 2. The molecular weight excluding hydrogens is 438 g/mol. The summed E-state index contributed by atoms with van der Waals surface area (Å²) in [7, 11) is 0. The molecule has 8 nitrogen and oxygen atoms in total. The fraction of sp³-hybridized carbons (Fsp3) is 0.238. The van der Waals surface area contributed by atoms with E-state index in [0.29, 0.717) is 16.0 Å². The van der Waals surface area contributed by atoms with Gasteiger partial charge in [-0.25, -0.2) is 4.79 Å². The van der Waals surface area contributed by atoms with Gasteiger partial charge in [0.05, 0.1) is 6.42 Å². The van der Waals surface area contributed by atoms with Crippen molar-refractivity contribution in [1.82, 2.24) is 14.9 Å². The van der Waals surface area contributed by atoms with Gasteiger partial charge in [-0.2, -0.15) is 4.73 Å². The minimum Gasteiger partial charge on any atom is -0.477 e. The molecule has 31 heavy (non-hydrogen) atoms. The second-order valence-corrected chi connectivity index (χ2v) is 8.54. The predicted molar refractivity (Wildman–Crippen MR) is 117 cm³/mol. The van der Waals surface area contributed by atoms with Gasteiger partial charge in [-0.3, -0.25) is 14.5 Å². The van der Waals surface area contributed by atoms with Crippen molar-refractivity contribution in [2.24, 2.45) is 0 Å². The number of carbonyl (C=O) groups is 3. The predicted octanol–water partition coefficient (Wildman–Crippen LogP) is 1.63. The average molecular weight is 458 g/mol. The molecule has 2 aromatic rings. The molecule has 0 aliphatic carbocycles. The summed E-state index contributed by atoms with van der Waals surface area (Å²) in [6.07, 6.45) is 1.79. The number of benzene rings is 1. The van der Waals surface area contributed by atoms with Crippen LogP contribution in [0.5, 0.6) is 0 Å². The molecule has 0 radical (unpaired) electrons. The van der Waals surface area contributed by atoms with Gasteiger partial charge in [-0.05, 0) is 17.7 Å². The summed E-state index contributed by atoms with van der Waals surface area (Å²) < 4.78 is 1.82. The molecule has 2 amide bonds. The lowest BCUT2D eigenvalue weighted by Gasteiger charge is -2.49. The van der Waals surface area contributed by atoms with Gasteiger partial charge in [-0.15, -0.1) is 11.8 Å². The molecular formula is C21H19N3O5S2. The fourth-order valence-corrected chi connectivity index (χ4v) is 4.99. The summed E-state index contributed by atoms with van der Waals surface area (Å²) in [5.41, 5.74) is 1.22. The molecule has 2 N–H and O–H groups in total. The number of nitrogens with zero attached hydrogens (tertiary/aromatic N) is 2. The van der Waals surface area contributed by atoms with Gasteiger partial charge in [0.2, 0.25) is 5.91 Å².